The van der Waals surface area contributed by atoms with E-state index in [4.69, 9.17) is 9.47 Å². The van der Waals surface area contributed by atoms with Gasteiger partial charge in [0.15, 0.2) is 0 Å². The Hall–Kier alpha value is -4.01. The van der Waals surface area contributed by atoms with E-state index in [9.17, 15) is 19.5 Å². The number of carbonyl (C=O) groups is 3. The Morgan fingerprint density at radius 3 is 2.18 bits per heavy atom. The second-order valence-electron chi connectivity index (χ2n) is 10.0. The molecule has 0 heterocycles. The normalized spacial score (nSPS) is 13.4. The van der Waals surface area contributed by atoms with Crippen molar-refractivity contribution in [2.45, 2.75) is 58.7 Å². The number of methoxy groups -OCH3 is 1. The summed E-state index contributed by atoms with van der Waals surface area (Å²) in [6.07, 6.45) is 1.39. The molecule has 38 heavy (non-hydrogen) atoms. The molecule has 206 valence electrons. The summed E-state index contributed by atoms with van der Waals surface area (Å²) in [5.74, 6) is -0.545. The van der Waals surface area contributed by atoms with E-state index in [1.807, 2.05) is 13.8 Å². The summed E-state index contributed by atoms with van der Waals surface area (Å²) in [6, 6.07) is 10.8. The smallest absolute Gasteiger partial charge is 0.408 e. The van der Waals surface area contributed by atoms with Gasteiger partial charge in [-0.1, -0.05) is 38.5 Å². The van der Waals surface area contributed by atoms with Crippen LogP contribution in [0.3, 0.4) is 0 Å². The van der Waals surface area contributed by atoms with Crippen LogP contribution < -0.4 is 15.4 Å². The number of carbonyl (C=O) groups excluding carboxylic acids is 3. The Morgan fingerprint density at radius 1 is 1.08 bits per heavy atom. The van der Waals surface area contributed by atoms with Gasteiger partial charge in [0.25, 0.3) is 5.91 Å². The number of benzene rings is 2. The molecule has 9 heteroatoms. The third-order valence-corrected chi connectivity index (χ3v) is 5.89. The van der Waals surface area contributed by atoms with Crippen molar-refractivity contribution in [2.24, 2.45) is 5.92 Å². The zero-order valence-electron chi connectivity index (χ0n) is 23.0. The molecule has 0 bridgehead atoms. The van der Waals surface area contributed by atoms with Crippen molar-refractivity contribution < 1.29 is 29.0 Å². The van der Waals surface area contributed by atoms with Crippen molar-refractivity contribution in [1.82, 2.24) is 10.2 Å². The fourth-order valence-corrected chi connectivity index (χ4v) is 3.77. The lowest BCUT2D eigenvalue weighted by molar-refractivity contribution is -0.141. The molecular weight excluding hydrogens is 486 g/mol. The van der Waals surface area contributed by atoms with E-state index in [1.54, 1.807) is 64.3 Å². The van der Waals surface area contributed by atoms with Crippen LogP contribution in [0.25, 0.3) is 0 Å². The van der Waals surface area contributed by atoms with Crippen molar-refractivity contribution in [3.8, 4) is 11.5 Å². The van der Waals surface area contributed by atoms with Crippen molar-refractivity contribution in [3.63, 3.8) is 0 Å². The monoisotopic (exact) mass is 525 g/mol. The maximum absolute atomic E-state index is 14.0. The number of phenolic OH excluding ortho intramolecular Hbond substituents is 1. The molecule has 0 aliphatic carbocycles. The van der Waals surface area contributed by atoms with Gasteiger partial charge in [-0.25, -0.2) is 4.79 Å². The molecule has 0 saturated carbocycles. The number of hydrogen-bond acceptors (Lipinski definition) is 6. The number of ether oxygens (including phenoxy) is 2. The van der Waals surface area contributed by atoms with Gasteiger partial charge in [-0.2, -0.15) is 0 Å². The minimum absolute atomic E-state index is 0.0220. The molecule has 3 amide bonds. The number of nitrogens with one attached hydrogen (secondary N) is 2. The van der Waals surface area contributed by atoms with Crippen molar-refractivity contribution in [3.05, 3.63) is 66.7 Å². The highest BCUT2D eigenvalue weighted by Crippen LogP contribution is 2.27. The van der Waals surface area contributed by atoms with E-state index in [0.29, 0.717) is 23.4 Å². The SMILES string of the molecule is C=CCN(C(=O)C(NC(=O)OC(C)(C)C)C(C)CC)C(C(=O)Nc1ccc(OC)cc1)c1ccc(O)cc1. The average Bonchev–Trinajstić information content (AvgIpc) is 2.86. The van der Waals surface area contributed by atoms with Crippen LogP contribution in [-0.4, -0.2) is 53.2 Å². The molecule has 3 N–H and O–H groups in total. The maximum Gasteiger partial charge on any atom is 0.408 e. The number of phenols is 1. The Kier molecular flexibility index (Phi) is 10.7. The van der Waals surface area contributed by atoms with Crippen LogP contribution in [0.4, 0.5) is 10.5 Å². The minimum Gasteiger partial charge on any atom is -0.508 e. The zero-order chi connectivity index (χ0) is 28.5. The van der Waals surface area contributed by atoms with Crippen molar-refractivity contribution in [2.75, 3.05) is 19.0 Å². The van der Waals surface area contributed by atoms with E-state index in [2.05, 4.69) is 17.2 Å². The average molecular weight is 526 g/mol. The molecule has 0 aliphatic heterocycles. The van der Waals surface area contributed by atoms with Gasteiger partial charge in [-0.15, -0.1) is 6.58 Å². The van der Waals surface area contributed by atoms with Gasteiger partial charge in [0.1, 0.15) is 29.2 Å². The van der Waals surface area contributed by atoms with Gasteiger partial charge in [0.2, 0.25) is 5.91 Å². The van der Waals surface area contributed by atoms with Gasteiger partial charge in [0.05, 0.1) is 7.11 Å². The molecule has 3 unspecified atom stereocenters. The third-order valence-electron chi connectivity index (χ3n) is 5.89. The molecular formula is C29H39N3O6. The van der Waals surface area contributed by atoms with Crippen LogP contribution in [0.5, 0.6) is 11.5 Å². The fraction of sp³-hybridized carbons (Fsp3) is 0.414. The number of alkyl carbamates (subject to hydrolysis) is 1. The molecule has 0 fully saturated rings. The van der Waals surface area contributed by atoms with Gasteiger partial charge in [-0.3, -0.25) is 9.59 Å². The lowest BCUT2D eigenvalue weighted by atomic mass is 9.95. The summed E-state index contributed by atoms with van der Waals surface area (Å²) < 4.78 is 10.6. The molecule has 0 saturated heterocycles. The molecule has 2 aromatic carbocycles. The second-order valence-corrected chi connectivity index (χ2v) is 10.0. The molecule has 0 aliphatic rings. The van der Waals surface area contributed by atoms with Crippen molar-refractivity contribution >= 4 is 23.6 Å². The Labute approximate surface area is 224 Å². The van der Waals surface area contributed by atoms with E-state index >= 15 is 0 Å². The van der Waals surface area contributed by atoms with Gasteiger partial charge < -0.3 is 30.1 Å². The van der Waals surface area contributed by atoms with Crippen LogP contribution in [0.1, 0.15) is 52.6 Å². The summed E-state index contributed by atoms with van der Waals surface area (Å²) in [6.45, 7) is 12.8. The number of anilines is 1. The number of nitrogens with zero attached hydrogens (tertiary/aromatic N) is 1. The predicted molar refractivity (Wildman–Crippen MR) is 147 cm³/mol. The van der Waals surface area contributed by atoms with E-state index in [0.717, 1.165) is 0 Å². The summed E-state index contributed by atoms with van der Waals surface area (Å²) in [5, 5.41) is 15.4. The summed E-state index contributed by atoms with van der Waals surface area (Å²) in [5.41, 5.74) is 0.237. The van der Waals surface area contributed by atoms with Crippen LogP contribution >= 0.6 is 0 Å². The highest BCUT2D eigenvalue weighted by atomic mass is 16.6. The number of amides is 3. The summed E-state index contributed by atoms with van der Waals surface area (Å²) >= 11 is 0. The van der Waals surface area contributed by atoms with Crippen LogP contribution in [0.15, 0.2) is 61.2 Å². The van der Waals surface area contributed by atoms with Gasteiger partial charge >= 0.3 is 6.09 Å². The molecule has 0 spiro atoms. The number of hydrogen-bond donors (Lipinski definition) is 3. The first-order chi connectivity index (χ1) is 17.9. The van der Waals surface area contributed by atoms with Crippen LogP contribution in [0, 0.1) is 5.92 Å². The topological polar surface area (TPSA) is 117 Å². The third kappa shape index (κ3) is 8.54. The molecule has 2 rings (SSSR count). The first-order valence-corrected chi connectivity index (χ1v) is 12.5. The Balaban J connectivity index is 2.49. The van der Waals surface area contributed by atoms with Crippen LogP contribution in [0.2, 0.25) is 0 Å². The lowest BCUT2D eigenvalue weighted by Crippen LogP contribution is -2.54. The predicted octanol–water partition coefficient (Wildman–Crippen LogP) is 5.03. The van der Waals surface area contributed by atoms with Gasteiger partial charge in [0, 0.05) is 12.2 Å². The number of aromatic hydroxyl groups is 1. The molecule has 0 radical (unpaired) electrons. The Morgan fingerprint density at radius 2 is 1.68 bits per heavy atom. The first-order valence-electron chi connectivity index (χ1n) is 12.5. The van der Waals surface area contributed by atoms with Gasteiger partial charge in [-0.05, 0) is 68.7 Å². The van der Waals surface area contributed by atoms with Crippen molar-refractivity contribution in [1.29, 1.82) is 0 Å². The summed E-state index contributed by atoms with van der Waals surface area (Å²) in [4.78, 5) is 41.7. The second kappa shape index (κ2) is 13.5. The largest absolute Gasteiger partial charge is 0.508 e. The fourth-order valence-electron chi connectivity index (χ4n) is 3.77. The maximum atomic E-state index is 14.0. The minimum atomic E-state index is -1.09. The first kappa shape index (κ1) is 30.2. The van der Waals surface area contributed by atoms with E-state index in [-0.39, 0.29) is 18.2 Å². The highest BCUT2D eigenvalue weighted by molar-refractivity contribution is 5.99. The lowest BCUT2D eigenvalue weighted by Gasteiger charge is -2.35. The Bertz CT molecular complexity index is 1090. The highest BCUT2D eigenvalue weighted by Gasteiger charge is 2.37. The molecule has 9 nitrogen and oxygen atoms in total. The molecule has 0 aromatic heterocycles. The quantitative estimate of drug-likeness (QED) is 0.354. The zero-order valence-corrected chi connectivity index (χ0v) is 23.0. The number of rotatable bonds is 11. The standard InChI is InChI=1S/C29H39N3O6/c1-8-18-32(27(35)24(19(3)9-2)31-28(36)38-29(4,5)6)25(20-10-14-22(33)15-11-20)26(34)30-21-12-16-23(37-7)17-13-21/h8,10-17,19,24-25,33H,1,9,18H2,2-7H3,(H,30,34)(H,31,36). The molecule has 3 atom stereocenters. The van der Waals surface area contributed by atoms with E-state index < -0.39 is 35.6 Å². The summed E-state index contributed by atoms with van der Waals surface area (Å²) in [7, 11) is 1.55. The van der Waals surface area contributed by atoms with E-state index in [1.165, 1.54) is 23.1 Å². The van der Waals surface area contributed by atoms with Crippen LogP contribution in [-0.2, 0) is 14.3 Å². The molecule has 2 aromatic rings.